The lowest BCUT2D eigenvalue weighted by Gasteiger charge is -2.17. The van der Waals surface area contributed by atoms with Gasteiger partial charge >= 0.3 is 6.18 Å². The molecule has 2 aromatic carbocycles. The zero-order valence-corrected chi connectivity index (χ0v) is 13.5. The van der Waals surface area contributed by atoms with Crippen LogP contribution in [0.1, 0.15) is 34.5 Å². The number of amides is 1. The first-order valence-corrected chi connectivity index (χ1v) is 7.52. The average molecular weight is 352 g/mol. The summed E-state index contributed by atoms with van der Waals surface area (Å²) in [5.41, 5.74) is -0.0267. The molecule has 126 valence electrons. The van der Waals surface area contributed by atoms with Crippen LogP contribution in [-0.2, 0) is 6.18 Å². The fourth-order valence-electron chi connectivity index (χ4n) is 2.07. The van der Waals surface area contributed by atoms with Gasteiger partial charge in [0.15, 0.2) is 5.11 Å². The minimum Gasteiger partial charge on any atom is -0.356 e. The van der Waals surface area contributed by atoms with Gasteiger partial charge in [-0.05, 0) is 42.9 Å². The van der Waals surface area contributed by atoms with Crippen LogP contribution in [0.3, 0.4) is 0 Å². The standard InChI is InChI=1S/C17H15F3N2OS/c1-11(12-6-3-2-4-7-12)21-16(24)22-15(23)13-8-5-9-14(10-13)17(18,19)20/h2-11H,1H3,(H2,21,22,23,24). The summed E-state index contributed by atoms with van der Waals surface area (Å²) in [6, 6.07) is 13.4. The number of hydrogen-bond donors (Lipinski definition) is 2. The lowest BCUT2D eigenvalue weighted by molar-refractivity contribution is -0.137. The van der Waals surface area contributed by atoms with Crippen molar-refractivity contribution in [1.82, 2.24) is 10.6 Å². The van der Waals surface area contributed by atoms with Gasteiger partial charge in [0, 0.05) is 5.56 Å². The van der Waals surface area contributed by atoms with Gasteiger partial charge in [-0.25, -0.2) is 0 Å². The van der Waals surface area contributed by atoms with Gasteiger partial charge in [-0.2, -0.15) is 13.2 Å². The van der Waals surface area contributed by atoms with Crippen molar-refractivity contribution in [3.05, 3.63) is 71.3 Å². The molecule has 0 saturated carbocycles. The third-order valence-corrected chi connectivity index (χ3v) is 3.55. The second-order valence-electron chi connectivity index (χ2n) is 5.14. The molecule has 0 heterocycles. The summed E-state index contributed by atoms with van der Waals surface area (Å²) in [5.74, 6) is -0.695. The van der Waals surface area contributed by atoms with E-state index >= 15 is 0 Å². The van der Waals surface area contributed by atoms with Crippen LogP contribution < -0.4 is 10.6 Å². The Labute approximate surface area is 142 Å². The van der Waals surface area contributed by atoms with E-state index in [9.17, 15) is 18.0 Å². The van der Waals surface area contributed by atoms with Gasteiger partial charge in [-0.3, -0.25) is 10.1 Å². The first kappa shape index (κ1) is 17.9. The number of hydrogen-bond acceptors (Lipinski definition) is 2. The minimum absolute atomic E-state index is 0.0498. The smallest absolute Gasteiger partial charge is 0.356 e. The van der Waals surface area contributed by atoms with Crippen molar-refractivity contribution >= 4 is 23.2 Å². The van der Waals surface area contributed by atoms with Crippen LogP contribution in [0.4, 0.5) is 13.2 Å². The number of carbonyl (C=O) groups excluding carboxylic acids is 1. The van der Waals surface area contributed by atoms with Crippen molar-refractivity contribution in [1.29, 1.82) is 0 Å². The first-order chi connectivity index (χ1) is 11.3. The van der Waals surface area contributed by atoms with Crippen LogP contribution in [0.15, 0.2) is 54.6 Å². The summed E-state index contributed by atoms with van der Waals surface area (Å²) in [5, 5.41) is 5.36. The Kier molecular flexibility index (Phi) is 5.56. The summed E-state index contributed by atoms with van der Waals surface area (Å²) in [6.45, 7) is 1.86. The van der Waals surface area contributed by atoms with Crippen molar-refractivity contribution in [2.75, 3.05) is 0 Å². The van der Waals surface area contributed by atoms with Crippen LogP contribution in [0, 0.1) is 0 Å². The molecule has 0 aliphatic rings. The molecule has 0 spiro atoms. The molecule has 2 rings (SSSR count). The molecule has 7 heteroatoms. The number of thiocarbonyl (C=S) groups is 1. The zero-order valence-electron chi connectivity index (χ0n) is 12.7. The quantitative estimate of drug-likeness (QED) is 0.818. The lowest BCUT2D eigenvalue weighted by atomic mass is 10.1. The maximum Gasteiger partial charge on any atom is 0.416 e. The number of benzene rings is 2. The predicted octanol–water partition coefficient (Wildman–Crippen LogP) is 4.07. The highest BCUT2D eigenvalue weighted by molar-refractivity contribution is 7.80. The summed E-state index contributed by atoms with van der Waals surface area (Å²) in [4.78, 5) is 12.0. The molecule has 1 unspecified atom stereocenters. The van der Waals surface area contributed by atoms with E-state index in [2.05, 4.69) is 10.6 Å². The summed E-state index contributed by atoms with van der Waals surface area (Å²) < 4.78 is 38.1. The largest absolute Gasteiger partial charge is 0.416 e. The van der Waals surface area contributed by atoms with Crippen molar-refractivity contribution in [2.24, 2.45) is 0 Å². The maximum absolute atomic E-state index is 12.7. The topological polar surface area (TPSA) is 41.1 Å². The zero-order chi connectivity index (χ0) is 17.7. The van der Waals surface area contributed by atoms with E-state index in [1.807, 2.05) is 37.3 Å². The van der Waals surface area contributed by atoms with Crippen LogP contribution in [0.25, 0.3) is 0 Å². The molecular formula is C17H15F3N2OS. The summed E-state index contributed by atoms with van der Waals surface area (Å²) in [7, 11) is 0. The molecule has 1 amide bonds. The molecule has 2 aromatic rings. The van der Waals surface area contributed by atoms with E-state index in [4.69, 9.17) is 12.2 Å². The van der Waals surface area contributed by atoms with Crippen LogP contribution in [-0.4, -0.2) is 11.0 Å². The SMILES string of the molecule is CC(NC(=S)NC(=O)c1cccc(C(F)(F)F)c1)c1ccccc1. The predicted molar refractivity (Wildman–Crippen MR) is 89.5 cm³/mol. The molecule has 0 fully saturated rings. The third kappa shape index (κ3) is 4.79. The Morgan fingerprint density at radius 2 is 1.75 bits per heavy atom. The molecule has 0 aliphatic heterocycles. The molecule has 0 aliphatic carbocycles. The van der Waals surface area contributed by atoms with E-state index in [1.165, 1.54) is 12.1 Å². The molecule has 2 N–H and O–H groups in total. The Bertz CT molecular complexity index is 732. The number of nitrogens with one attached hydrogen (secondary N) is 2. The number of carbonyl (C=O) groups is 1. The maximum atomic E-state index is 12.7. The molecule has 0 aromatic heterocycles. The van der Waals surface area contributed by atoms with Gasteiger partial charge in [0.05, 0.1) is 11.6 Å². The molecule has 24 heavy (non-hydrogen) atoms. The highest BCUT2D eigenvalue weighted by atomic mass is 32.1. The Morgan fingerprint density at radius 1 is 1.08 bits per heavy atom. The Morgan fingerprint density at radius 3 is 2.38 bits per heavy atom. The normalized spacial score (nSPS) is 12.3. The van der Waals surface area contributed by atoms with Gasteiger partial charge in [0.25, 0.3) is 5.91 Å². The van der Waals surface area contributed by atoms with Gasteiger partial charge in [0.1, 0.15) is 0 Å². The fourth-order valence-corrected chi connectivity index (χ4v) is 2.34. The summed E-state index contributed by atoms with van der Waals surface area (Å²) >= 11 is 5.05. The minimum atomic E-state index is -4.50. The highest BCUT2D eigenvalue weighted by Crippen LogP contribution is 2.29. The Hall–Kier alpha value is -2.41. The van der Waals surface area contributed by atoms with Crippen LogP contribution in [0.5, 0.6) is 0 Å². The first-order valence-electron chi connectivity index (χ1n) is 7.11. The van der Waals surface area contributed by atoms with Crippen molar-refractivity contribution in [3.8, 4) is 0 Å². The van der Waals surface area contributed by atoms with Gasteiger partial charge in [0.2, 0.25) is 0 Å². The number of halogens is 3. The van der Waals surface area contributed by atoms with Gasteiger partial charge in [-0.15, -0.1) is 0 Å². The number of alkyl halides is 3. The molecular weight excluding hydrogens is 337 g/mol. The highest BCUT2D eigenvalue weighted by Gasteiger charge is 2.30. The second kappa shape index (κ2) is 7.44. The van der Waals surface area contributed by atoms with Crippen molar-refractivity contribution < 1.29 is 18.0 Å². The summed E-state index contributed by atoms with van der Waals surface area (Å²) in [6.07, 6.45) is -4.50. The van der Waals surface area contributed by atoms with Gasteiger partial charge in [-0.1, -0.05) is 36.4 Å². The van der Waals surface area contributed by atoms with Gasteiger partial charge < -0.3 is 5.32 Å². The van der Waals surface area contributed by atoms with E-state index in [1.54, 1.807) is 0 Å². The van der Waals surface area contributed by atoms with Crippen LogP contribution in [0.2, 0.25) is 0 Å². The van der Waals surface area contributed by atoms with E-state index in [0.717, 1.165) is 17.7 Å². The molecule has 0 bridgehead atoms. The lowest BCUT2D eigenvalue weighted by Crippen LogP contribution is -2.40. The second-order valence-corrected chi connectivity index (χ2v) is 5.55. The average Bonchev–Trinajstić information content (AvgIpc) is 2.54. The van der Waals surface area contributed by atoms with E-state index in [-0.39, 0.29) is 16.7 Å². The molecule has 1 atom stereocenters. The molecule has 3 nitrogen and oxygen atoms in total. The monoisotopic (exact) mass is 352 g/mol. The number of rotatable bonds is 3. The van der Waals surface area contributed by atoms with E-state index < -0.39 is 17.6 Å². The Balaban J connectivity index is 2.00. The molecule has 0 saturated heterocycles. The molecule has 0 radical (unpaired) electrons. The third-order valence-electron chi connectivity index (χ3n) is 3.33. The van der Waals surface area contributed by atoms with Crippen molar-refractivity contribution in [3.63, 3.8) is 0 Å². The van der Waals surface area contributed by atoms with Crippen molar-refractivity contribution in [2.45, 2.75) is 19.1 Å². The fraction of sp³-hybridized carbons (Fsp3) is 0.176. The van der Waals surface area contributed by atoms with E-state index in [0.29, 0.717) is 0 Å². The van der Waals surface area contributed by atoms with Crippen LogP contribution >= 0.6 is 12.2 Å².